The van der Waals surface area contributed by atoms with Crippen molar-refractivity contribution in [1.82, 2.24) is 0 Å². The number of rotatable bonds is 1. The number of benzene rings is 1. The Bertz CT molecular complexity index is 336. The van der Waals surface area contributed by atoms with Crippen molar-refractivity contribution in [2.24, 2.45) is 0 Å². The Morgan fingerprint density at radius 1 is 1.36 bits per heavy atom. The van der Waals surface area contributed by atoms with Gasteiger partial charge in [-0.3, -0.25) is 4.42 Å². The third kappa shape index (κ3) is 1.67. The summed E-state index contributed by atoms with van der Waals surface area (Å²) in [5, 5.41) is 0. The molecule has 0 radical (unpaired) electrons. The molecule has 0 fully saturated rings. The Kier molecular flexibility index (Phi) is 2.55. The van der Waals surface area contributed by atoms with Crippen molar-refractivity contribution >= 4 is 23.2 Å². The lowest BCUT2D eigenvalue weighted by Gasteiger charge is -2.26. The maximum Gasteiger partial charge on any atom is 0.0556 e. The first-order valence-corrected chi connectivity index (χ1v) is 5.26. The van der Waals surface area contributed by atoms with Crippen molar-refractivity contribution in [3.63, 3.8) is 0 Å². The highest BCUT2D eigenvalue weighted by molar-refractivity contribution is 6.26. The van der Waals surface area contributed by atoms with Gasteiger partial charge in [0.15, 0.2) is 0 Å². The molecule has 2 rings (SSSR count). The summed E-state index contributed by atoms with van der Waals surface area (Å²) in [7, 11) is 4.12. The lowest BCUT2D eigenvalue weighted by molar-refractivity contribution is 0.791. The minimum absolute atomic E-state index is 0.954. The molecule has 1 aromatic rings. The smallest absolute Gasteiger partial charge is 0.0556 e. The van der Waals surface area contributed by atoms with E-state index in [1.165, 1.54) is 16.9 Å². The summed E-state index contributed by atoms with van der Waals surface area (Å²) in [5.74, 6) is 0. The Labute approximate surface area is 90.2 Å². The molecule has 1 heterocycles. The number of fused-ring (bicyclic) bond motifs is 1. The minimum atomic E-state index is 0.954. The highest BCUT2D eigenvalue weighted by Gasteiger charge is 2.15. The van der Waals surface area contributed by atoms with Crippen LogP contribution in [0.3, 0.4) is 0 Å². The molecule has 0 amide bonds. The van der Waals surface area contributed by atoms with Gasteiger partial charge in [0.05, 0.1) is 5.69 Å². The van der Waals surface area contributed by atoms with Crippen molar-refractivity contribution in [1.29, 1.82) is 0 Å². The highest BCUT2D eigenvalue weighted by Crippen LogP contribution is 2.31. The van der Waals surface area contributed by atoms with E-state index in [1.807, 2.05) is 4.42 Å². The SMILES string of the molecule is CN(C)c1ccc2c(c1)CCCN2Cl. The number of aryl methyl sites for hydroxylation is 1. The van der Waals surface area contributed by atoms with Gasteiger partial charge in [0.25, 0.3) is 0 Å². The first-order chi connectivity index (χ1) is 6.68. The minimum Gasteiger partial charge on any atom is -0.378 e. The van der Waals surface area contributed by atoms with E-state index in [2.05, 4.69) is 37.2 Å². The normalized spacial score (nSPS) is 15.2. The second-order valence-corrected chi connectivity index (χ2v) is 4.30. The lowest BCUT2D eigenvalue weighted by atomic mass is 10.0. The predicted molar refractivity (Wildman–Crippen MR) is 62.3 cm³/mol. The van der Waals surface area contributed by atoms with Gasteiger partial charge in [-0.05, 0) is 36.6 Å². The fraction of sp³-hybridized carbons (Fsp3) is 0.455. The van der Waals surface area contributed by atoms with E-state index in [1.54, 1.807) is 0 Å². The maximum absolute atomic E-state index is 6.10. The van der Waals surface area contributed by atoms with Gasteiger partial charge in [-0.15, -0.1) is 0 Å². The molecule has 0 aliphatic carbocycles. The molecular formula is C11H15ClN2. The first kappa shape index (κ1) is 9.66. The van der Waals surface area contributed by atoms with Crippen LogP contribution in [0.15, 0.2) is 18.2 Å². The molecule has 0 spiro atoms. The van der Waals surface area contributed by atoms with Crippen LogP contribution >= 0.6 is 11.8 Å². The fourth-order valence-corrected chi connectivity index (χ4v) is 2.10. The Hall–Kier alpha value is -0.890. The fourth-order valence-electron chi connectivity index (χ4n) is 1.82. The van der Waals surface area contributed by atoms with Crippen molar-refractivity contribution < 1.29 is 0 Å². The van der Waals surface area contributed by atoms with Crippen LogP contribution in [0.1, 0.15) is 12.0 Å². The van der Waals surface area contributed by atoms with E-state index < -0.39 is 0 Å². The van der Waals surface area contributed by atoms with E-state index in [4.69, 9.17) is 11.8 Å². The summed E-state index contributed by atoms with van der Waals surface area (Å²) in [6.45, 7) is 0.954. The van der Waals surface area contributed by atoms with Crippen molar-refractivity contribution in [2.45, 2.75) is 12.8 Å². The van der Waals surface area contributed by atoms with Crippen LogP contribution < -0.4 is 9.32 Å². The third-order valence-electron chi connectivity index (χ3n) is 2.64. The molecule has 1 aromatic carbocycles. The van der Waals surface area contributed by atoms with E-state index in [9.17, 15) is 0 Å². The number of hydrogen-bond acceptors (Lipinski definition) is 2. The van der Waals surface area contributed by atoms with Gasteiger partial charge in [-0.1, -0.05) is 0 Å². The molecule has 0 saturated heterocycles. The van der Waals surface area contributed by atoms with Crippen molar-refractivity contribution in [3.05, 3.63) is 23.8 Å². The zero-order valence-electron chi connectivity index (χ0n) is 8.63. The van der Waals surface area contributed by atoms with Crippen LogP contribution in [0.2, 0.25) is 0 Å². The second-order valence-electron chi connectivity index (χ2n) is 3.90. The molecule has 0 bridgehead atoms. The quantitative estimate of drug-likeness (QED) is 0.658. The van der Waals surface area contributed by atoms with Gasteiger partial charge in [0.2, 0.25) is 0 Å². The van der Waals surface area contributed by atoms with Crippen LogP contribution in [0.25, 0.3) is 0 Å². The largest absolute Gasteiger partial charge is 0.378 e. The van der Waals surface area contributed by atoms with Crippen LogP contribution in [-0.2, 0) is 6.42 Å². The average Bonchev–Trinajstić information content (AvgIpc) is 2.17. The van der Waals surface area contributed by atoms with Gasteiger partial charge in [0, 0.05) is 38.1 Å². The van der Waals surface area contributed by atoms with Gasteiger partial charge >= 0.3 is 0 Å². The average molecular weight is 211 g/mol. The molecule has 0 atom stereocenters. The lowest BCUT2D eigenvalue weighted by Crippen LogP contribution is -2.20. The van der Waals surface area contributed by atoms with E-state index >= 15 is 0 Å². The highest BCUT2D eigenvalue weighted by atomic mass is 35.5. The molecule has 1 aliphatic heterocycles. The zero-order chi connectivity index (χ0) is 10.1. The number of halogens is 1. The van der Waals surface area contributed by atoms with Gasteiger partial charge in [-0.25, -0.2) is 0 Å². The summed E-state index contributed by atoms with van der Waals surface area (Å²) >= 11 is 6.10. The molecule has 14 heavy (non-hydrogen) atoms. The van der Waals surface area contributed by atoms with Crippen LogP contribution in [-0.4, -0.2) is 20.6 Å². The molecule has 0 saturated carbocycles. The topological polar surface area (TPSA) is 6.48 Å². The predicted octanol–water partition coefficient (Wildman–Crippen LogP) is 2.66. The van der Waals surface area contributed by atoms with Crippen LogP contribution in [0.4, 0.5) is 11.4 Å². The molecule has 3 heteroatoms. The van der Waals surface area contributed by atoms with Crippen molar-refractivity contribution in [3.8, 4) is 0 Å². The summed E-state index contributed by atoms with van der Waals surface area (Å²) in [6.07, 6.45) is 2.29. The van der Waals surface area contributed by atoms with E-state index in [0.29, 0.717) is 0 Å². The monoisotopic (exact) mass is 210 g/mol. The summed E-state index contributed by atoms with van der Waals surface area (Å²) < 4.78 is 1.82. The molecular weight excluding hydrogens is 196 g/mol. The van der Waals surface area contributed by atoms with Gasteiger partial charge in [0.1, 0.15) is 0 Å². The zero-order valence-corrected chi connectivity index (χ0v) is 9.38. The Morgan fingerprint density at radius 2 is 2.14 bits per heavy atom. The summed E-state index contributed by atoms with van der Waals surface area (Å²) in [4.78, 5) is 2.12. The van der Waals surface area contributed by atoms with Crippen molar-refractivity contribution in [2.75, 3.05) is 30.0 Å². The van der Waals surface area contributed by atoms with E-state index in [-0.39, 0.29) is 0 Å². The Morgan fingerprint density at radius 3 is 2.86 bits per heavy atom. The van der Waals surface area contributed by atoms with Crippen LogP contribution in [0.5, 0.6) is 0 Å². The maximum atomic E-state index is 6.10. The Balaban J connectivity index is 2.39. The summed E-state index contributed by atoms with van der Waals surface area (Å²) in [5.41, 5.74) is 3.77. The number of nitrogens with zero attached hydrogens (tertiary/aromatic N) is 2. The van der Waals surface area contributed by atoms with Crippen LogP contribution in [0, 0.1) is 0 Å². The molecule has 2 nitrogen and oxygen atoms in total. The second kappa shape index (κ2) is 3.70. The molecule has 0 N–H and O–H groups in total. The van der Waals surface area contributed by atoms with E-state index in [0.717, 1.165) is 19.4 Å². The van der Waals surface area contributed by atoms with Gasteiger partial charge in [-0.2, -0.15) is 0 Å². The standard InChI is InChI=1S/C11H15ClN2/c1-13(2)10-5-6-11-9(8-10)4-3-7-14(11)12/h5-6,8H,3-4,7H2,1-2H3. The first-order valence-electron chi connectivity index (χ1n) is 4.92. The molecule has 0 aromatic heterocycles. The van der Waals surface area contributed by atoms with Gasteiger partial charge < -0.3 is 4.90 Å². The molecule has 1 aliphatic rings. The number of anilines is 2. The number of hydrogen-bond donors (Lipinski definition) is 0. The third-order valence-corrected chi connectivity index (χ3v) is 2.99. The molecule has 0 unspecified atom stereocenters. The molecule has 76 valence electrons. The summed E-state index contributed by atoms with van der Waals surface area (Å²) in [6, 6.07) is 6.44.